The summed E-state index contributed by atoms with van der Waals surface area (Å²) >= 11 is 0. The Balaban J connectivity index is 2.32. The summed E-state index contributed by atoms with van der Waals surface area (Å²) in [5, 5.41) is 0. The van der Waals surface area contributed by atoms with Crippen molar-refractivity contribution in [2.24, 2.45) is 0 Å². The molecule has 0 radical (unpaired) electrons. The lowest BCUT2D eigenvalue weighted by atomic mass is 9.95. The quantitative estimate of drug-likeness (QED) is 0.678. The molecule has 0 saturated carbocycles. The lowest BCUT2D eigenvalue weighted by molar-refractivity contribution is 0.0556. The molecule has 21 heavy (non-hydrogen) atoms. The van der Waals surface area contributed by atoms with Gasteiger partial charge in [-0.3, -0.25) is 0 Å². The zero-order chi connectivity index (χ0) is 15.0. The van der Waals surface area contributed by atoms with Crippen molar-refractivity contribution < 1.29 is 19.1 Å². The van der Waals surface area contributed by atoms with E-state index in [1.54, 1.807) is 6.07 Å². The van der Waals surface area contributed by atoms with Gasteiger partial charge in [0.1, 0.15) is 0 Å². The van der Waals surface area contributed by atoms with Gasteiger partial charge in [0.15, 0.2) is 0 Å². The first-order valence-corrected chi connectivity index (χ1v) is 6.58. The van der Waals surface area contributed by atoms with Gasteiger partial charge in [-0.05, 0) is 29.2 Å². The van der Waals surface area contributed by atoms with Crippen LogP contribution in [0.25, 0.3) is 11.1 Å². The maximum atomic E-state index is 12.2. The number of esters is 2. The SMILES string of the molecule is COC(=O)c1ccc2c(c1C(=O)OC)-c1ccccc1C2. The molecule has 3 rings (SSSR count). The third-order valence-electron chi connectivity index (χ3n) is 3.75. The van der Waals surface area contributed by atoms with E-state index in [-0.39, 0.29) is 11.1 Å². The Labute approximate surface area is 122 Å². The smallest absolute Gasteiger partial charge is 0.339 e. The van der Waals surface area contributed by atoms with Gasteiger partial charge in [-0.15, -0.1) is 0 Å². The molecule has 1 aliphatic rings. The lowest BCUT2D eigenvalue weighted by Crippen LogP contribution is -2.13. The molecule has 0 atom stereocenters. The third kappa shape index (κ3) is 2.00. The predicted molar refractivity (Wildman–Crippen MR) is 77.4 cm³/mol. The zero-order valence-corrected chi connectivity index (χ0v) is 11.8. The number of benzene rings is 2. The summed E-state index contributed by atoms with van der Waals surface area (Å²) in [5.74, 6) is -1.06. The van der Waals surface area contributed by atoms with E-state index in [1.807, 2.05) is 30.3 Å². The van der Waals surface area contributed by atoms with E-state index < -0.39 is 11.9 Å². The number of carbonyl (C=O) groups excluding carboxylic acids is 2. The highest BCUT2D eigenvalue weighted by Crippen LogP contribution is 2.40. The van der Waals surface area contributed by atoms with Crippen molar-refractivity contribution in [1.29, 1.82) is 0 Å². The first kappa shape index (κ1) is 13.4. The van der Waals surface area contributed by atoms with Gasteiger partial charge >= 0.3 is 11.9 Å². The lowest BCUT2D eigenvalue weighted by Gasteiger charge is -2.12. The summed E-state index contributed by atoms with van der Waals surface area (Å²) in [4.78, 5) is 24.1. The van der Waals surface area contributed by atoms with Crippen LogP contribution >= 0.6 is 0 Å². The van der Waals surface area contributed by atoms with E-state index in [0.717, 1.165) is 28.7 Å². The van der Waals surface area contributed by atoms with Crippen molar-refractivity contribution in [3.8, 4) is 11.1 Å². The molecule has 0 aromatic heterocycles. The Morgan fingerprint density at radius 1 is 0.905 bits per heavy atom. The number of ether oxygens (including phenoxy) is 2. The Bertz CT molecular complexity index is 746. The molecule has 0 N–H and O–H groups in total. The van der Waals surface area contributed by atoms with Crippen LogP contribution in [0.2, 0.25) is 0 Å². The monoisotopic (exact) mass is 282 g/mol. The van der Waals surface area contributed by atoms with E-state index in [4.69, 9.17) is 9.47 Å². The Morgan fingerprint density at radius 2 is 1.62 bits per heavy atom. The molecular weight excluding hydrogens is 268 g/mol. The van der Waals surface area contributed by atoms with Gasteiger partial charge in [0, 0.05) is 5.56 Å². The first-order chi connectivity index (χ1) is 10.2. The maximum Gasteiger partial charge on any atom is 0.339 e. The summed E-state index contributed by atoms with van der Waals surface area (Å²) in [6.07, 6.45) is 0.747. The van der Waals surface area contributed by atoms with Crippen molar-refractivity contribution in [3.63, 3.8) is 0 Å². The minimum atomic E-state index is -0.539. The fourth-order valence-corrected chi connectivity index (χ4v) is 2.82. The summed E-state index contributed by atoms with van der Waals surface area (Å²) in [5.41, 5.74) is 4.43. The minimum Gasteiger partial charge on any atom is -0.465 e. The molecule has 0 spiro atoms. The van der Waals surface area contributed by atoms with E-state index >= 15 is 0 Å². The molecule has 0 amide bonds. The maximum absolute atomic E-state index is 12.2. The van der Waals surface area contributed by atoms with Crippen molar-refractivity contribution in [3.05, 3.63) is 58.7 Å². The fraction of sp³-hybridized carbons (Fsp3) is 0.176. The molecule has 0 bridgehead atoms. The second-order valence-corrected chi connectivity index (χ2v) is 4.84. The van der Waals surface area contributed by atoms with Crippen LogP contribution in [0.15, 0.2) is 36.4 Å². The molecular formula is C17H14O4. The van der Waals surface area contributed by atoms with Crippen LogP contribution in [0.4, 0.5) is 0 Å². The number of hydrogen-bond acceptors (Lipinski definition) is 4. The van der Waals surface area contributed by atoms with Gasteiger partial charge < -0.3 is 9.47 Å². The molecule has 2 aromatic rings. The van der Waals surface area contributed by atoms with Crippen molar-refractivity contribution in [2.75, 3.05) is 14.2 Å². The van der Waals surface area contributed by atoms with Crippen LogP contribution in [0, 0.1) is 0 Å². The molecule has 0 aliphatic heterocycles. The van der Waals surface area contributed by atoms with Gasteiger partial charge in [-0.2, -0.15) is 0 Å². The van der Waals surface area contributed by atoms with E-state index in [9.17, 15) is 9.59 Å². The van der Waals surface area contributed by atoms with Crippen LogP contribution in [0.1, 0.15) is 31.8 Å². The van der Waals surface area contributed by atoms with Crippen molar-refractivity contribution >= 4 is 11.9 Å². The van der Waals surface area contributed by atoms with Crippen LogP contribution in [0.3, 0.4) is 0 Å². The average Bonchev–Trinajstić information content (AvgIpc) is 2.91. The number of methoxy groups -OCH3 is 2. The number of fused-ring (bicyclic) bond motifs is 3. The Hall–Kier alpha value is -2.62. The summed E-state index contributed by atoms with van der Waals surface area (Å²) in [6.45, 7) is 0. The standard InChI is InChI=1S/C17H14O4/c1-20-16(18)13-8-7-11-9-10-5-3-4-6-12(10)14(11)15(13)17(19)21-2/h3-8H,9H2,1-2H3. The van der Waals surface area contributed by atoms with Crippen LogP contribution in [0.5, 0.6) is 0 Å². The molecule has 4 nitrogen and oxygen atoms in total. The molecule has 106 valence electrons. The van der Waals surface area contributed by atoms with E-state index in [1.165, 1.54) is 14.2 Å². The Morgan fingerprint density at radius 3 is 2.33 bits per heavy atom. The van der Waals surface area contributed by atoms with E-state index in [2.05, 4.69) is 0 Å². The summed E-state index contributed by atoms with van der Waals surface area (Å²) in [7, 11) is 2.61. The Kier molecular flexibility index (Phi) is 3.22. The molecule has 0 fully saturated rings. The predicted octanol–water partition coefficient (Wildman–Crippen LogP) is 2.83. The van der Waals surface area contributed by atoms with Crippen LogP contribution < -0.4 is 0 Å². The zero-order valence-electron chi connectivity index (χ0n) is 11.8. The van der Waals surface area contributed by atoms with Gasteiger partial charge in [-0.25, -0.2) is 9.59 Å². The topological polar surface area (TPSA) is 52.6 Å². The number of hydrogen-bond donors (Lipinski definition) is 0. The molecule has 2 aromatic carbocycles. The molecule has 0 saturated heterocycles. The highest BCUT2D eigenvalue weighted by molar-refractivity contribution is 6.09. The largest absolute Gasteiger partial charge is 0.465 e. The highest BCUT2D eigenvalue weighted by atomic mass is 16.5. The van der Waals surface area contributed by atoms with Crippen molar-refractivity contribution in [1.82, 2.24) is 0 Å². The number of carbonyl (C=O) groups is 2. The minimum absolute atomic E-state index is 0.236. The first-order valence-electron chi connectivity index (χ1n) is 6.58. The fourth-order valence-electron chi connectivity index (χ4n) is 2.82. The molecule has 1 aliphatic carbocycles. The van der Waals surface area contributed by atoms with Gasteiger partial charge in [0.05, 0.1) is 25.3 Å². The molecule has 4 heteroatoms. The second-order valence-electron chi connectivity index (χ2n) is 4.84. The van der Waals surface area contributed by atoms with Crippen molar-refractivity contribution in [2.45, 2.75) is 6.42 Å². The third-order valence-corrected chi connectivity index (χ3v) is 3.75. The average molecular weight is 282 g/mol. The summed E-state index contributed by atoms with van der Waals surface area (Å²) < 4.78 is 9.64. The van der Waals surface area contributed by atoms with Crippen LogP contribution in [-0.4, -0.2) is 26.2 Å². The molecule has 0 unspecified atom stereocenters. The second kappa shape index (κ2) is 5.05. The summed E-state index contributed by atoms with van der Waals surface area (Å²) in [6, 6.07) is 11.4. The highest BCUT2D eigenvalue weighted by Gasteiger charge is 2.29. The number of rotatable bonds is 2. The van der Waals surface area contributed by atoms with Gasteiger partial charge in [-0.1, -0.05) is 30.3 Å². The van der Waals surface area contributed by atoms with Crippen LogP contribution in [-0.2, 0) is 15.9 Å². The van der Waals surface area contributed by atoms with Gasteiger partial charge in [0.2, 0.25) is 0 Å². The molecule has 0 heterocycles. The normalized spacial score (nSPS) is 11.5. The van der Waals surface area contributed by atoms with Gasteiger partial charge in [0.25, 0.3) is 0 Å². The van der Waals surface area contributed by atoms with E-state index in [0.29, 0.717) is 0 Å².